The summed E-state index contributed by atoms with van der Waals surface area (Å²) in [6.07, 6.45) is 2.41. The van der Waals surface area contributed by atoms with Crippen molar-refractivity contribution in [2.24, 2.45) is 0 Å². The van der Waals surface area contributed by atoms with Crippen molar-refractivity contribution in [1.82, 2.24) is 34.6 Å². The van der Waals surface area contributed by atoms with Gasteiger partial charge in [-0.3, -0.25) is 9.69 Å². The molecule has 5 rings (SSSR count). The second kappa shape index (κ2) is 9.95. The highest BCUT2D eigenvalue weighted by atomic mass is 32.2. The van der Waals surface area contributed by atoms with Gasteiger partial charge in [0.05, 0.1) is 22.5 Å². The average molecular weight is 497 g/mol. The molecule has 0 spiro atoms. The predicted molar refractivity (Wildman–Crippen MR) is 136 cm³/mol. The maximum atomic E-state index is 12.6. The molecule has 1 saturated carbocycles. The van der Waals surface area contributed by atoms with Gasteiger partial charge in [-0.05, 0) is 75.6 Å². The number of nitrogens with zero attached hydrogens (tertiary/aromatic N) is 7. The Morgan fingerprint density at radius 3 is 2.82 bits per heavy atom. The maximum absolute atomic E-state index is 12.6. The summed E-state index contributed by atoms with van der Waals surface area (Å²) in [5, 5.41) is 17.7. The number of amides is 1. The third kappa shape index (κ3) is 5.38. The molecule has 3 heterocycles. The van der Waals surface area contributed by atoms with Gasteiger partial charge in [-0.25, -0.2) is 4.98 Å². The molecule has 1 aromatic carbocycles. The van der Waals surface area contributed by atoms with Crippen molar-refractivity contribution in [2.75, 3.05) is 45.6 Å². The van der Waals surface area contributed by atoms with E-state index in [0.29, 0.717) is 17.6 Å². The monoisotopic (exact) mass is 496 g/mol. The van der Waals surface area contributed by atoms with Crippen LogP contribution in [0, 0.1) is 0 Å². The standard InChI is InChI=1S/C23H28N8OS2/c1-4-30(12-11-29(2)3)14-21(32)25-22-24-18-8-7-16(13-19(18)34-22)33-23-27-26-20-10-9-17(15-5-6-15)28-31(20)23/h7-10,13,15H,4-6,11-12,14H2,1-3H3,(H,24,25,32). The Kier molecular flexibility index (Phi) is 6.77. The van der Waals surface area contributed by atoms with E-state index in [4.69, 9.17) is 5.10 Å². The molecule has 9 nitrogen and oxygen atoms in total. The number of rotatable bonds is 10. The third-order valence-electron chi connectivity index (χ3n) is 5.74. The molecule has 0 saturated heterocycles. The summed E-state index contributed by atoms with van der Waals surface area (Å²) < 4.78 is 2.84. The van der Waals surface area contributed by atoms with Crippen LogP contribution in [0.5, 0.6) is 0 Å². The van der Waals surface area contributed by atoms with Crippen molar-refractivity contribution < 1.29 is 4.79 Å². The minimum atomic E-state index is -0.0401. The highest BCUT2D eigenvalue weighted by molar-refractivity contribution is 7.99. The third-order valence-corrected chi connectivity index (χ3v) is 7.60. The van der Waals surface area contributed by atoms with E-state index >= 15 is 0 Å². The molecule has 178 valence electrons. The topological polar surface area (TPSA) is 91.5 Å². The SMILES string of the molecule is CCN(CCN(C)C)CC(=O)Nc1nc2ccc(Sc3nnc4ccc(C5CC5)nn34)cc2s1. The van der Waals surface area contributed by atoms with Crippen LogP contribution in [0.4, 0.5) is 5.13 Å². The Morgan fingerprint density at radius 2 is 2.06 bits per heavy atom. The first kappa shape index (κ1) is 23.2. The van der Waals surface area contributed by atoms with E-state index in [9.17, 15) is 4.79 Å². The molecule has 1 N–H and O–H groups in total. The molecule has 0 radical (unpaired) electrons. The van der Waals surface area contributed by atoms with Crippen molar-refractivity contribution >= 4 is 50.0 Å². The number of carbonyl (C=O) groups excluding carboxylic acids is 1. The lowest BCUT2D eigenvalue weighted by Crippen LogP contribution is -2.37. The minimum Gasteiger partial charge on any atom is -0.308 e. The zero-order valence-corrected chi connectivity index (χ0v) is 21.2. The second-order valence-electron chi connectivity index (χ2n) is 8.76. The number of nitrogens with one attached hydrogen (secondary N) is 1. The quantitative estimate of drug-likeness (QED) is 0.356. The smallest absolute Gasteiger partial charge is 0.240 e. The number of aromatic nitrogens is 5. The molecular formula is C23H28N8OS2. The molecule has 4 aromatic rings. The van der Waals surface area contributed by atoms with Gasteiger partial charge in [-0.2, -0.15) is 9.61 Å². The molecule has 0 unspecified atom stereocenters. The van der Waals surface area contributed by atoms with Crippen molar-refractivity contribution in [1.29, 1.82) is 0 Å². The molecule has 1 aliphatic carbocycles. The number of benzene rings is 1. The van der Waals surface area contributed by atoms with Gasteiger partial charge in [0.1, 0.15) is 0 Å². The fourth-order valence-electron chi connectivity index (χ4n) is 3.62. The van der Waals surface area contributed by atoms with Crippen LogP contribution < -0.4 is 5.32 Å². The van der Waals surface area contributed by atoms with E-state index in [0.717, 1.165) is 51.2 Å². The number of hydrogen-bond donors (Lipinski definition) is 1. The molecule has 0 aliphatic heterocycles. The molecule has 34 heavy (non-hydrogen) atoms. The lowest BCUT2D eigenvalue weighted by atomic mass is 10.3. The van der Waals surface area contributed by atoms with Crippen LogP contribution >= 0.6 is 23.1 Å². The Hall–Kier alpha value is -2.60. The number of anilines is 1. The van der Waals surface area contributed by atoms with Crippen molar-refractivity contribution in [3.05, 3.63) is 36.0 Å². The van der Waals surface area contributed by atoms with Crippen LogP contribution in [-0.4, -0.2) is 80.8 Å². The molecule has 1 fully saturated rings. The Bertz CT molecular complexity index is 1310. The maximum Gasteiger partial charge on any atom is 0.240 e. The van der Waals surface area contributed by atoms with Crippen LogP contribution in [0.15, 0.2) is 40.4 Å². The van der Waals surface area contributed by atoms with Crippen LogP contribution in [0.25, 0.3) is 15.9 Å². The first-order valence-electron chi connectivity index (χ1n) is 11.5. The van der Waals surface area contributed by atoms with E-state index in [2.05, 4.69) is 49.4 Å². The molecule has 1 aliphatic rings. The van der Waals surface area contributed by atoms with Gasteiger partial charge in [-0.15, -0.1) is 10.2 Å². The number of likely N-dealkylation sites (N-methyl/N-ethyl adjacent to an activating group) is 2. The van der Waals surface area contributed by atoms with Gasteiger partial charge in [0.15, 0.2) is 10.8 Å². The average Bonchev–Trinajstić information content (AvgIpc) is 3.48. The highest BCUT2D eigenvalue weighted by Crippen LogP contribution is 2.39. The van der Waals surface area contributed by atoms with Crippen LogP contribution in [0.2, 0.25) is 0 Å². The van der Waals surface area contributed by atoms with E-state index in [1.54, 1.807) is 0 Å². The normalized spacial score (nSPS) is 14.0. The number of thiazole rings is 1. The summed E-state index contributed by atoms with van der Waals surface area (Å²) in [5.74, 6) is 0.533. The Morgan fingerprint density at radius 1 is 1.21 bits per heavy atom. The summed E-state index contributed by atoms with van der Waals surface area (Å²) in [4.78, 5) is 22.4. The van der Waals surface area contributed by atoms with Gasteiger partial charge in [0.25, 0.3) is 0 Å². The largest absolute Gasteiger partial charge is 0.308 e. The van der Waals surface area contributed by atoms with E-state index < -0.39 is 0 Å². The number of fused-ring (bicyclic) bond motifs is 2. The summed E-state index contributed by atoms with van der Waals surface area (Å²) >= 11 is 3.01. The molecular weight excluding hydrogens is 468 g/mol. The number of hydrogen-bond acceptors (Lipinski definition) is 9. The Balaban J connectivity index is 1.27. The van der Waals surface area contributed by atoms with Crippen molar-refractivity contribution in [3.8, 4) is 0 Å². The lowest BCUT2D eigenvalue weighted by Gasteiger charge is -2.21. The van der Waals surface area contributed by atoms with Crippen LogP contribution in [0.3, 0.4) is 0 Å². The van der Waals surface area contributed by atoms with Gasteiger partial charge in [0, 0.05) is 23.9 Å². The van der Waals surface area contributed by atoms with Crippen molar-refractivity contribution in [3.63, 3.8) is 0 Å². The van der Waals surface area contributed by atoms with Gasteiger partial charge >= 0.3 is 0 Å². The zero-order valence-electron chi connectivity index (χ0n) is 19.6. The summed E-state index contributed by atoms with van der Waals surface area (Å²) in [5.41, 5.74) is 2.73. The minimum absolute atomic E-state index is 0.0401. The molecule has 0 bridgehead atoms. The fourth-order valence-corrected chi connectivity index (χ4v) is 5.45. The van der Waals surface area contributed by atoms with Gasteiger partial charge in [0.2, 0.25) is 11.1 Å². The van der Waals surface area contributed by atoms with Crippen molar-refractivity contribution in [2.45, 2.75) is 35.7 Å². The molecule has 0 atom stereocenters. The van der Waals surface area contributed by atoms with Gasteiger partial charge in [-0.1, -0.05) is 18.3 Å². The molecule has 3 aromatic heterocycles. The molecule has 1 amide bonds. The Labute approximate surface area is 206 Å². The summed E-state index contributed by atoms with van der Waals surface area (Å²) in [6.45, 7) is 5.03. The predicted octanol–water partition coefficient (Wildman–Crippen LogP) is 3.58. The first-order chi connectivity index (χ1) is 16.5. The van der Waals surface area contributed by atoms with E-state index in [1.807, 2.05) is 36.8 Å². The summed E-state index contributed by atoms with van der Waals surface area (Å²) in [7, 11) is 4.07. The van der Waals surface area contributed by atoms with Gasteiger partial charge < -0.3 is 10.2 Å². The summed E-state index contributed by atoms with van der Waals surface area (Å²) in [6, 6.07) is 10.1. The van der Waals surface area contributed by atoms with E-state index in [-0.39, 0.29) is 5.91 Å². The zero-order chi connectivity index (χ0) is 23.7. The fraction of sp³-hybridized carbons (Fsp3) is 0.435. The van der Waals surface area contributed by atoms with Crippen LogP contribution in [0.1, 0.15) is 31.4 Å². The van der Waals surface area contributed by atoms with E-state index in [1.165, 1.54) is 35.9 Å². The number of carbonyl (C=O) groups is 1. The second-order valence-corrected chi connectivity index (χ2v) is 10.8. The first-order valence-corrected chi connectivity index (χ1v) is 13.1. The lowest BCUT2D eigenvalue weighted by molar-refractivity contribution is -0.117. The molecule has 11 heteroatoms. The highest BCUT2D eigenvalue weighted by Gasteiger charge is 2.26. The van der Waals surface area contributed by atoms with Crippen LogP contribution in [-0.2, 0) is 4.79 Å².